The summed E-state index contributed by atoms with van der Waals surface area (Å²) in [5.41, 5.74) is 3.87. The van der Waals surface area contributed by atoms with Gasteiger partial charge in [-0.15, -0.1) is 10.2 Å². The monoisotopic (exact) mass is 429 g/mol. The smallest absolute Gasteiger partial charge is 0.230 e. The fourth-order valence-electron chi connectivity index (χ4n) is 3.62. The third-order valence-corrected chi connectivity index (χ3v) is 6.30. The maximum absolute atomic E-state index is 12.1. The van der Waals surface area contributed by atoms with Gasteiger partial charge in [-0.3, -0.25) is 4.79 Å². The molecule has 1 aliphatic carbocycles. The molecule has 2 aromatic heterocycles. The van der Waals surface area contributed by atoms with Gasteiger partial charge in [0.15, 0.2) is 11.0 Å². The van der Waals surface area contributed by atoms with Crippen molar-refractivity contribution in [3.8, 4) is 22.6 Å². The van der Waals surface area contributed by atoms with Crippen molar-refractivity contribution in [3.63, 3.8) is 0 Å². The van der Waals surface area contributed by atoms with Gasteiger partial charge in [0.25, 0.3) is 0 Å². The summed E-state index contributed by atoms with van der Waals surface area (Å²) in [5, 5.41) is 13.8. The van der Waals surface area contributed by atoms with Crippen LogP contribution in [0.25, 0.3) is 33.5 Å². The molecule has 156 valence electrons. The zero-order valence-corrected chi connectivity index (χ0v) is 18.1. The second kappa shape index (κ2) is 8.51. The minimum Gasteiger partial charge on any atom is -0.353 e. The van der Waals surface area contributed by atoms with E-state index in [0.717, 1.165) is 51.5 Å². The van der Waals surface area contributed by atoms with Crippen molar-refractivity contribution in [1.29, 1.82) is 0 Å². The lowest BCUT2D eigenvalue weighted by Crippen LogP contribution is -2.27. The average molecular weight is 430 g/mol. The van der Waals surface area contributed by atoms with Crippen LogP contribution in [-0.4, -0.2) is 37.5 Å². The van der Waals surface area contributed by atoms with Crippen LogP contribution in [0.3, 0.4) is 0 Å². The van der Waals surface area contributed by atoms with E-state index in [1.54, 1.807) is 0 Å². The maximum atomic E-state index is 12.1. The Morgan fingerprint density at radius 3 is 2.65 bits per heavy atom. The molecule has 4 aromatic rings. The molecule has 1 fully saturated rings. The summed E-state index contributed by atoms with van der Waals surface area (Å²) in [6.45, 7) is 2.79. The van der Waals surface area contributed by atoms with Gasteiger partial charge in [-0.2, -0.15) is 0 Å². The largest absolute Gasteiger partial charge is 0.353 e. The van der Waals surface area contributed by atoms with Crippen molar-refractivity contribution in [2.24, 2.45) is 0 Å². The molecule has 31 heavy (non-hydrogen) atoms. The normalized spacial score (nSPS) is 13.5. The number of aromatic nitrogens is 4. The van der Waals surface area contributed by atoms with E-state index in [2.05, 4.69) is 51.3 Å². The minimum atomic E-state index is 0.0560. The molecular weight excluding hydrogens is 406 g/mol. The quantitative estimate of drug-likeness (QED) is 0.436. The van der Waals surface area contributed by atoms with Crippen LogP contribution < -0.4 is 5.32 Å². The van der Waals surface area contributed by atoms with Crippen LogP contribution in [0.4, 0.5) is 0 Å². The van der Waals surface area contributed by atoms with Crippen molar-refractivity contribution in [1.82, 2.24) is 25.1 Å². The number of pyridine rings is 1. The predicted octanol–water partition coefficient (Wildman–Crippen LogP) is 4.55. The Morgan fingerprint density at radius 1 is 1.10 bits per heavy atom. The van der Waals surface area contributed by atoms with Gasteiger partial charge in [-0.05, 0) is 31.9 Å². The Hall–Kier alpha value is -3.19. The van der Waals surface area contributed by atoms with E-state index in [1.807, 2.05) is 36.4 Å². The molecule has 0 aliphatic heterocycles. The molecule has 6 nitrogen and oxygen atoms in total. The zero-order valence-electron chi connectivity index (χ0n) is 17.3. The molecule has 0 atom stereocenters. The molecule has 5 rings (SSSR count). The summed E-state index contributed by atoms with van der Waals surface area (Å²) in [7, 11) is 0. The first-order valence-corrected chi connectivity index (χ1v) is 11.5. The van der Waals surface area contributed by atoms with Crippen LogP contribution in [0.5, 0.6) is 0 Å². The summed E-state index contributed by atoms with van der Waals surface area (Å²) < 4.78 is 2.08. The van der Waals surface area contributed by atoms with Crippen LogP contribution in [0.2, 0.25) is 0 Å². The molecule has 2 aromatic carbocycles. The van der Waals surface area contributed by atoms with Gasteiger partial charge in [0.1, 0.15) is 0 Å². The zero-order chi connectivity index (χ0) is 21.2. The lowest BCUT2D eigenvalue weighted by molar-refractivity contribution is -0.118. The van der Waals surface area contributed by atoms with Gasteiger partial charge in [-0.1, -0.05) is 60.3 Å². The number of thioether (sulfide) groups is 1. The van der Waals surface area contributed by atoms with Crippen LogP contribution in [0, 0.1) is 0 Å². The highest BCUT2D eigenvalue weighted by Gasteiger charge is 2.24. The fourth-order valence-corrected chi connectivity index (χ4v) is 4.44. The van der Waals surface area contributed by atoms with Crippen LogP contribution in [-0.2, 0) is 11.3 Å². The highest BCUT2D eigenvalue weighted by Crippen LogP contribution is 2.33. The van der Waals surface area contributed by atoms with Crippen LogP contribution in [0.1, 0.15) is 19.8 Å². The second-order valence-electron chi connectivity index (χ2n) is 7.62. The molecule has 7 heteroatoms. The topological polar surface area (TPSA) is 72.7 Å². The Balaban J connectivity index is 1.54. The first-order valence-electron chi connectivity index (χ1n) is 10.5. The molecule has 0 bridgehead atoms. The summed E-state index contributed by atoms with van der Waals surface area (Å²) >= 11 is 1.43. The maximum Gasteiger partial charge on any atom is 0.230 e. The van der Waals surface area contributed by atoms with Crippen molar-refractivity contribution in [2.75, 3.05) is 5.75 Å². The van der Waals surface area contributed by atoms with Gasteiger partial charge in [0.05, 0.1) is 17.0 Å². The summed E-state index contributed by atoms with van der Waals surface area (Å²) in [5.74, 6) is 1.20. The number of benzene rings is 2. The summed E-state index contributed by atoms with van der Waals surface area (Å²) in [6, 6.07) is 20.7. The van der Waals surface area contributed by atoms with E-state index in [4.69, 9.17) is 4.98 Å². The van der Waals surface area contributed by atoms with Crippen LogP contribution >= 0.6 is 11.8 Å². The van der Waals surface area contributed by atoms with E-state index < -0.39 is 0 Å². The van der Waals surface area contributed by atoms with Gasteiger partial charge in [-0.25, -0.2) is 4.98 Å². The first kappa shape index (κ1) is 19.8. The number of amides is 1. The molecule has 0 spiro atoms. The molecule has 2 heterocycles. The molecule has 0 saturated heterocycles. The Bertz CT molecular complexity index is 1230. The Morgan fingerprint density at radius 2 is 1.87 bits per heavy atom. The van der Waals surface area contributed by atoms with Crippen molar-refractivity contribution in [3.05, 3.63) is 60.7 Å². The summed E-state index contributed by atoms with van der Waals surface area (Å²) in [4.78, 5) is 17.0. The number of nitrogens with one attached hydrogen (secondary N) is 1. The number of hydrogen-bond donors (Lipinski definition) is 1. The lowest BCUT2D eigenvalue weighted by Gasteiger charge is -2.12. The van der Waals surface area contributed by atoms with E-state index >= 15 is 0 Å². The number of carbonyl (C=O) groups excluding carboxylic acids is 1. The second-order valence-corrected chi connectivity index (χ2v) is 8.56. The van der Waals surface area contributed by atoms with E-state index in [1.165, 1.54) is 11.8 Å². The fraction of sp³-hybridized carbons (Fsp3) is 0.250. The van der Waals surface area contributed by atoms with E-state index in [-0.39, 0.29) is 5.91 Å². The molecule has 0 radical (unpaired) electrons. The van der Waals surface area contributed by atoms with E-state index in [9.17, 15) is 4.79 Å². The number of nitrogens with zero attached hydrogens (tertiary/aromatic N) is 4. The van der Waals surface area contributed by atoms with Gasteiger partial charge in [0.2, 0.25) is 5.91 Å². The third kappa shape index (κ3) is 4.18. The number of rotatable bonds is 7. The Labute approximate surface area is 185 Å². The molecule has 1 aliphatic rings. The summed E-state index contributed by atoms with van der Waals surface area (Å²) in [6.07, 6.45) is 2.18. The van der Waals surface area contributed by atoms with E-state index in [0.29, 0.717) is 18.3 Å². The first-order chi connectivity index (χ1) is 15.2. The lowest BCUT2D eigenvalue weighted by atomic mass is 10.0. The SMILES string of the molecule is CCn1c(SCC(=O)NC2CC2)nnc1-c1cc(-c2ccccc2)nc2ccccc12. The van der Waals surface area contributed by atoms with Gasteiger partial charge in [0, 0.05) is 29.1 Å². The van der Waals surface area contributed by atoms with Crippen molar-refractivity contribution >= 4 is 28.6 Å². The van der Waals surface area contributed by atoms with Crippen molar-refractivity contribution < 1.29 is 4.79 Å². The minimum absolute atomic E-state index is 0.0560. The van der Waals surface area contributed by atoms with Gasteiger partial charge < -0.3 is 9.88 Å². The molecule has 1 amide bonds. The molecule has 0 unspecified atom stereocenters. The average Bonchev–Trinajstić information content (AvgIpc) is 3.53. The van der Waals surface area contributed by atoms with Crippen LogP contribution in [0.15, 0.2) is 65.8 Å². The number of fused-ring (bicyclic) bond motifs is 1. The highest BCUT2D eigenvalue weighted by atomic mass is 32.2. The number of para-hydroxylation sites is 1. The number of carbonyl (C=O) groups is 1. The van der Waals surface area contributed by atoms with Crippen molar-refractivity contribution in [2.45, 2.75) is 37.5 Å². The molecular formula is C24H23N5OS. The molecule has 1 N–H and O–H groups in total. The number of hydrogen-bond acceptors (Lipinski definition) is 5. The molecule has 1 saturated carbocycles. The predicted molar refractivity (Wildman–Crippen MR) is 124 cm³/mol. The third-order valence-electron chi connectivity index (χ3n) is 5.33. The Kier molecular flexibility index (Phi) is 5.42. The standard InChI is InChI=1S/C24H23N5OS/c1-2-29-23(27-28-24(29)31-15-22(30)25-17-12-13-17)19-14-21(16-8-4-3-5-9-16)26-20-11-7-6-10-18(19)20/h3-11,14,17H,2,12-13,15H2,1H3,(H,25,30). The van der Waals surface area contributed by atoms with Gasteiger partial charge >= 0.3 is 0 Å². The highest BCUT2D eigenvalue weighted by molar-refractivity contribution is 7.99.